The molecule has 2 rings (SSSR count). The Morgan fingerprint density at radius 2 is 2.22 bits per heavy atom. The lowest BCUT2D eigenvalue weighted by molar-refractivity contribution is -0.118. The molecule has 0 radical (unpaired) electrons. The Hall–Kier alpha value is -1.09. The maximum atomic E-state index is 12.3. The molecule has 0 bridgehead atoms. The molecular formula is C15H18O2S. The summed E-state index contributed by atoms with van der Waals surface area (Å²) in [5.41, 5.74) is 1.93. The van der Waals surface area contributed by atoms with Gasteiger partial charge in [0.25, 0.3) is 0 Å². The SMILES string of the molecule is CC[C@H](C)c1ccc2c(c1)C(=O)[C@@H](C(C)=O)CS2. The Bertz CT molecular complexity index is 493. The molecule has 0 aliphatic carbocycles. The van der Waals surface area contributed by atoms with Crippen LogP contribution in [0.2, 0.25) is 0 Å². The maximum Gasteiger partial charge on any atom is 0.175 e. The van der Waals surface area contributed by atoms with Crippen molar-refractivity contribution < 1.29 is 9.59 Å². The summed E-state index contributed by atoms with van der Waals surface area (Å²) in [5, 5.41) is 0. The average Bonchev–Trinajstić information content (AvgIpc) is 2.37. The quantitative estimate of drug-likeness (QED) is 0.779. The zero-order valence-electron chi connectivity index (χ0n) is 11.0. The number of hydrogen-bond donors (Lipinski definition) is 0. The van der Waals surface area contributed by atoms with Crippen molar-refractivity contribution >= 4 is 23.3 Å². The molecule has 1 heterocycles. The number of Topliss-reactive ketones (excluding diaryl/α,β-unsaturated/α-hetero) is 2. The van der Waals surface area contributed by atoms with Gasteiger partial charge in [-0.3, -0.25) is 9.59 Å². The molecule has 1 aliphatic rings. The van der Waals surface area contributed by atoms with E-state index in [0.717, 1.165) is 16.9 Å². The van der Waals surface area contributed by atoms with Gasteiger partial charge in [-0.15, -0.1) is 11.8 Å². The maximum absolute atomic E-state index is 12.3. The Labute approximate surface area is 112 Å². The summed E-state index contributed by atoms with van der Waals surface area (Å²) in [7, 11) is 0. The van der Waals surface area contributed by atoms with Crippen LogP contribution in [-0.2, 0) is 4.79 Å². The van der Waals surface area contributed by atoms with Crippen LogP contribution in [0.1, 0.15) is 49.0 Å². The summed E-state index contributed by atoms with van der Waals surface area (Å²) in [6, 6.07) is 6.10. The predicted molar refractivity (Wildman–Crippen MR) is 74.4 cm³/mol. The molecular weight excluding hydrogens is 244 g/mol. The molecule has 96 valence electrons. The number of thioether (sulfide) groups is 1. The Morgan fingerprint density at radius 3 is 2.83 bits per heavy atom. The molecule has 0 saturated heterocycles. The van der Waals surface area contributed by atoms with E-state index in [4.69, 9.17) is 0 Å². The molecule has 2 atom stereocenters. The Morgan fingerprint density at radius 1 is 1.50 bits per heavy atom. The molecule has 0 spiro atoms. The van der Waals surface area contributed by atoms with Crippen LogP contribution in [0.3, 0.4) is 0 Å². The lowest BCUT2D eigenvalue weighted by atomic mass is 9.91. The highest BCUT2D eigenvalue weighted by molar-refractivity contribution is 7.99. The standard InChI is InChI=1S/C15H18O2S/c1-4-9(2)11-5-6-14-12(7-11)15(17)13(8-18-14)10(3)16/h5-7,9,13H,4,8H2,1-3H3/t9-,13+/m0/s1. The summed E-state index contributed by atoms with van der Waals surface area (Å²) in [6.07, 6.45) is 1.05. The van der Waals surface area contributed by atoms with E-state index in [0.29, 0.717) is 11.7 Å². The summed E-state index contributed by atoms with van der Waals surface area (Å²) >= 11 is 1.62. The van der Waals surface area contributed by atoms with Crippen molar-refractivity contribution in [2.75, 3.05) is 5.75 Å². The molecule has 0 unspecified atom stereocenters. The summed E-state index contributed by atoms with van der Waals surface area (Å²) in [4.78, 5) is 24.8. The summed E-state index contributed by atoms with van der Waals surface area (Å²) in [5.74, 6) is 0.568. The average molecular weight is 262 g/mol. The third-order valence-corrected chi connectivity index (χ3v) is 4.83. The van der Waals surface area contributed by atoms with Crippen molar-refractivity contribution in [1.29, 1.82) is 0 Å². The Kier molecular flexibility index (Phi) is 3.91. The second kappa shape index (κ2) is 5.27. The fraction of sp³-hybridized carbons (Fsp3) is 0.467. The molecule has 0 amide bonds. The highest BCUT2D eigenvalue weighted by Gasteiger charge is 2.31. The zero-order valence-corrected chi connectivity index (χ0v) is 11.8. The molecule has 3 heteroatoms. The van der Waals surface area contributed by atoms with E-state index in [1.54, 1.807) is 11.8 Å². The van der Waals surface area contributed by atoms with E-state index < -0.39 is 5.92 Å². The summed E-state index contributed by atoms with van der Waals surface area (Å²) in [6.45, 7) is 5.80. The van der Waals surface area contributed by atoms with Crippen molar-refractivity contribution in [2.45, 2.75) is 38.0 Å². The fourth-order valence-corrected chi connectivity index (χ4v) is 3.36. The molecule has 0 N–H and O–H groups in total. The van der Waals surface area contributed by atoms with Gasteiger partial charge in [0, 0.05) is 16.2 Å². The van der Waals surface area contributed by atoms with Gasteiger partial charge in [-0.05, 0) is 37.0 Å². The van der Waals surface area contributed by atoms with E-state index in [1.165, 1.54) is 12.5 Å². The van der Waals surface area contributed by atoms with Crippen LogP contribution in [0.4, 0.5) is 0 Å². The minimum absolute atomic E-state index is 0.00130. The van der Waals surface area contributed by atoms with E-state index in [1.807, 2.05) is 12.1 Å². The first-order valence-electron chi connectivity index (χ1n) is 6.36. The molecule has 1 aliphatic heterocycles. The number of fused-ring (bicyclic) bond motifs is 1. The van der Waals surface area contributed by atoms with Gasteiger partial charge >= 0.3 is 0 Å². The highest BCUT2D eigenvalue weighted by Crippen LogP contribution is 2.35. The minimum Gasteiger partial charge on any atom is -0.299 e. The first kappa shape index (κ1) is 13.3. The van der Waals surface area contributed by atoms with E-state index in [9.17, 15) is 9.59 Å². The van der Waals surface area contributed by atoms with Gasteiger partial charge < -0.3 is 0 Å². The van der Waals surface area contributed by atoms with Crippen molar-refractivity contribution in [3.8, 4) is 0 Å². The molecule has 0 saturated carbocycles. The van der Waals surface area contributed by atoms with Gasteiger partial charge in [0.2, 0.25) is 0 Å². The lowest BCUT2D eigenvalue weighted by Crippen LogP contribution is -2.28. The van der Waals surface area contributed by atoms with Crippen molar-refractivity contribution in [3.63, 3.8) is 0 Å². The lowest BCUT2D eigenvalue weighted by Gasteiger charge is -2.22. The second-order valence-corrected chi connectivity index (χ2v) is 5.97. The summed E-state index contributed by atoms with van der Waals surface area (Å²) < 4.78 is 0. The van der Waals surface area contributed by atoms with Crippen LogP contribution in [0.5, 0.6) is 0 Å². The van der Waals surface area contributed by atoms with Crippen LogP contribution in [0, 0.1) is 5.92 Å². The fourth-order valence-electron chi connectivity index (χ4n) is 2.15. The first-order valence-corrected chi connectivity index (χ1v) is 7.34. The molecule has 1 aromatic rings. The number of rotatable bonds is 3. The number of benzene rings is 1. The number of hydrogen-bond acceptors (Lipinski definition) is 3. The topological polar surface area (TPSA) is 34.1 Å². The largest absolute Gasteiger partial charge is 0.299 e. The van der Waals surface area contributed by atoms with Gasteiger partial charge in [0.1, 0.15) is 5.78 Å². The number of carbonyl (C=O) groups is 2. The van der Waals surface area contributed by atoms with Gasteiger partial charge in [-0.25, -0.2) is 0 Å². The molecule has 0 aromatic heterocycles. The number of carbonyl (C=O) groups excluding carboxylic acids is 2. The normalized spacial score (nSPS) is 20.4. The third-order valence-electron chi connectivity index (χ3n) is 3.66. The van der Waals surface area contributed by atoms with Crippen LogP contribution >= 0.6 is 11.8 Å². The minimum atomic E-state index is -0.449. The van der Waals surface area contributed by atoms with Crippen LogP contribution in [-0.4, -0.2) is 17.3 Å². The van der Waals surface area contributed by atoms with Crippen molar-refractivity contribution in [1.82, 2.24) is 0 Å². The molecule has 18 heavy (non-hydrogen) atoms. The van der Waals surface area contributed by atoms with Gasteiger partial charge in [0.05, 0.1) is 5.92 Å². The predicted octanol–water partition coefficient (Wildman–Crippen LogP) is 3.69. The first-order chi connectivity index (χ1) is 8.54. The smallest absolute Gasteiger partial charge is 0.175 e. The van der Waals surface area contributed by atoms with Crippen LogP contribution in [0.15, 0.2) is 23.1 Å². The molecule has 0 fully saturated rings. The number of ketones is 2. The van der Waals surface area contributed by atoms with Gasteiger partial charge in [-0.1, -0.05) is 19.9 Å². The van der Waals surface area contributed by atoms with Gasteiger partial charge in [-0.2, -0.15) is 0 Å². The van der Waals surface area contributed by atoms with Crippen LogP contribution in [0.25, 0.3) is 0 Å². The second-order valence-electron chi connectivity index (χ2n) is 4.90. The van der Waals surface area contributed by atoms with Gasteiger partial charge in [0.15, 0.2) is 5.78 Å². The monoisotopic (exact) mass is 262 g/mol. The highest BCUT2D eigenvalue weighted by atomic mass is 32.2. The van der Waals surface area contributed by atoms with E-state index >= 15 is 0 Å². The van der Waals surface area contributed by atoms with E-state index in [-0.39, 0.29) is 11.6 Å². The van der Waals surface area contributed by atoms with Crippen molar-refractivity contribution in [3.05, 3.63) is 29.3 Å². The zero-order chi connectivity index (χ0) is 13.3. The Balaban J connectivity index is 2.39. The molecule has 2 nitrogen and oxygen atoms in total. The van der Waals surface area contributed by atoms with E-state index in [2.05, 4.69) is 19.9 Å². The third kappa shape index (κ3) is 2.37. The molecule has 1 aromatic carbocycles. The van der Waals surface area contributed by atoms with Crippen molar-refractivity contribution in [2.24, 2.45) is 5.92 Å². The van der Waals surface area contributed by atoms with Crippen LogP contribution < -0.4 is 0 Å².